The van der Waals surface area contributed by atoms with Crippen molar-refractivity contribution in [1.29, 1.82) is 0 Å². The molecule has 1 N–H and O–H groups in total. The van der Waals surface area contributed by atoms with Crippen LogP contribution in [0.25, 0.3) is 11.4 Å². The number of carbonyl (C=O) groups excluding carboxylic acids is 1. The standard InChI is InChI=1S/C19H25N5O/c25-18(13-6-14-4-2-1-3-5-14)20-16-9-7-15(8-10-16)19-21-22-23-24(19)17-11-12-17/h7-10,14,17H,1-6,11-13H2,(H,20,25). The van der Waals surface area contributed by atoms with Crippen LogP contribution >= 0.6 is 0 Å². The third-order valence-electron chi connectivity index (χ3n) is 5.32. The average Bonchev–Trinajstić information content (AvgIpc) is 3.38. The molecule has 0 radical (unpaired) electrons. The molecule has 1 aromatic carbocycles. The van der Waals surface area contributed by atoms with E-state index < -0.39 is 0 Å². The highest BCUT2D eigenvalue weighted by Gasteiger charge is 2.28. The zero-order chi connectivity index (χ0) is 17.1. The summed E-state index contributed by atoms with van der Waals surface area (Å²) in [6.45, 7) is 0. The SMILES string of the molecule is O=C(CCC1CCCCC1)Nc1ccc(-c2nnnn2C2CC2)cc1. The van der Waals surface area contributed by atoms with Gasteiger partial charge < -0.3 is 5.32 Å². The Morgan fingerprint density at radius 2 is 1.84 bits per heavy atom. The molecule has 2 aliphatic carbocycles. The molecular weight excluding hydrogens is 314 g/mol. The smallest absolute Gasteiger partial charge is 0.224 e. The van der Waals surface area contributed by atoms with Gasteiger partial charge in [0.1, 0.15) is 0 Å². The molecule has 132 valence electrons. The number of rotatable bonds is 6. The largest absolute Gasteiger partial charge is 0.326 e. The summed E-state index contributed by atoms with van der Waals surface area (Å²) < 4.78 is 1.90. The molecule has 2 fully saturated rings. The van der Waals surface area contributed by atoms with E-state index in [4.69, 9.17) is 0 Å². The van der Waals surface area contributed by atoms with Crippen LogP contribution in [0.1, 0.15) is 63.8 Å². The summed E-state index contributed by atoms with van der Waals surface area (Å²) in [5.41, 5.74) is 1.82. The Morgan fingerprint density at radius 1 is 1.08 bits per heavy atom. The fourth-order valence-electron chi connectivity index (χ4n) is 3.69. The van der Waals surface area contributed by atoms with Crippen LogP contribution in [0.5, 0.6) is 0 Å². The fourth-order valence-corrected chi connectivity index (χ4v) is 3.69. The Kier molecular flexibility index (Phi) is 4.76. The monoisotopic (exact) mass is 339 g/mol. The molecule has 2 aliphatic rings. The zero-order valence-electron chi connectivity index (χ0n) is 14.5. The molecule has 0 aliphatic heterocycles. The summed E-state index contributed by atoms with van der Waals surface area (Å²) in [5, 5.41) is 15.0. The molecule has 0 saturated heterocycles. The van der Waals surface area contributed by atoms with Gasteiger partial charge in [-0.05, 0) is 59.9 Å². The Balaban J connectivity index is 1.32. The van der Waals surface area contributed by atoms with Crippen molar-refractivity contribution < 1.29 is 4.79 Å². The molecule has 0 bridgehead atoms. The second-order valence-electron chi connectivity index (χ2n) is 7.35. The molecule has 1 amide bonds. The molecule has 0 atom stereocenters. The van der Waals surface area contributed by atoms with Gasteiger partial charge in [-0.3, -0.25) is 4.79 Å². The maximum absolute atomic E-state index is 12.2. The van der Waals surface area contributed by atoms with Crippen LogP contribution in [0, 0.1) is 5.92 Å². The summed E-state index contributed by atoms with van der Waals surface area (Å²) in [6, 6.07) is 8.26. The number of hydrogen-bond acceptors (Lipinski definition) is 4. The van der Waals surface area contributed by atoms with Gasteiger partial charge in [-0.2, -0.15) is 0 Å². The molecule has 0 unspecified atom stereocenters. The molecule has 2 saturated carbocycles. The highest BCUT2D eigenvalue weighted by molar-refractivity contribution is 5.90. The minimum Gasteiger partial charge on any atom is -0.326 e. The van der Waals surface area contributed by atoms with E-state index in [-0.39, 0.29) is 5.91 Å². The van der Waals surface area contributed by atoms with Gasteiger partial charge in [-0.1, -0.05) is 32.1 Å². The molecule has 4 rings (SSSR count). The first kappa shape index (κ1) is 16.2. The van der Waals surface area contributed by atoms with E-state index in [0.29, 0.717) is 12.5 Å². The lowest BCUT2D eigenvalue weighted by Crippen LogP contribution is -2.14. The lowest BCUT2D eigenvalue weighted by molar-refractivity contribution is -0.116. The third kappa shape index (κ3) is 4.06. The van der Waals surface area contributed by atoms with E-state index in [0.717, 1.165) is 42.3 Å². The molecule has 1 aromatic heterocycles. The predicted octanol–water partition coefficient (Wildman–Crippen LogP) is 3.97. The van der Waals surface area contributed by atoms with E-state index in [1.807, 2.05) is 28.9 Å². The van der Waals surface area contributed by atoms with Gasteiger partial charge in [0, 0.05) is 17.7 Å². The number of aromatic nitrogens is 4. The van der Waals surface area contributed by atoms with Crippen molar-refractivity contribution in [2.75, 3.05) is 5.32 Å². The number of anilines is 1. The fraction of sp³-hybridized carbons (Fsp3) is 0.579. The van der Waals surface area contributed by atoms with Crippen LogP contribution in [0.15, 0.2) is 24.3 Å². The predicted molar refractivity (Wildman–Crippen MR) is 96.0 cm³/mol. The Labute approximate surface area is 148 Å². The van der Waals surface area contributed by atoms with E-state index in [1.165, 1.54) is 32.1 Å². The third-order valence-corrected chi connectivity index (χ3v) is 5.32. The number of amides is 1. The van der Waals surface area contributed by atoms with E-state index >= 15 is 0 Å². The van der Waals surface area contributed by atoms with Crippen LogP contribution in [-0.4, -0.2) is 26.1 Å². The number of benzene rings is 1. The lowest BCUT2D eigenvalue weighted by atomic mass is 9.86. The van der Waals surface area contributed by atoms with E-state index in [1.54, 1.807) is 0 Å². The van der Waals surface area contributed by atoms with Crippen molar-refractivity contribution >= 4 is 11.6 Å². The van der Waals surface area contributed by atoms with Gasteiger partial charge in [0.15, 0.2) is 5.82 Å². The lowest BCUT2D eigenvalue weighted by Gasteiger charge is -2.21. The van der Waals surface area contributed by atoms with Crippen molar-refractivity contribution in [3.63, 3.8) is 0 Å². The summed E-state index contributed by atoms with van der Waals surface area (Å²) >= 11 is 0. The zero-order valence-corrected chi connectivity index (χ0v) is 14.5. The Morgan fingerprint density at radius 3 is 2.56 bits per heavy atom. The maximum Gasteiger partial charge on any atom is 0.224 e. The van der Waals surface area contributed by atoms with Gasteiger partial charge >= 0.3 is 0 Å². The summed E-state index contributed by atoms with van der Waals surface area (Å²) in [4.78, 5) is 12.2. The van der Waals surface area contributed by atoms with Crippen molar-refractivity contribution in [3.05, 3.63) is 24.3 Å². The first-order valence-electron chi connectivity index (χ1n) is 9.48. The first-order valence-corrected chi connectivity index (χ1v) is 9.48. The molecular formula is C19H25N5O. The number of tetrazole rings is 1. The van der Waals surface area contributed by atoms with Gasteiger partial charge in [0.2, 0.25) is 5.91 Å². The number of carbonyl (C=O) groups is 1. The quantitative estimate of drug-likeness (QED) is 0.864. The number of hydrogen-bond donors (Lipinski definition) is 1. The minimum absolute atomic E-state index is 0.112. The topological polar surface area (TPSA) is 72.7 Å². The first-order chi connectivity index (χ1) is 12.3. The van der Waals surface area contributed by atoms with Crippen LogP contribution in [0.2, 0.25) is 0 Å². The van der Waals surface area contributed by atoms with Crippen LogP contribution in [0.3, 0.4) is 0 Å². The second-order valence-corrected chi connectivity index (χ2v) is 7.35. The molecule has 6 heteroatoms. The Hall–Kier alpha value is -2.24. The van der Waals surface area contributed by atoms with Crippen LogP contribution in [0.4, 0.5) is 5.69 Å². The normalized spacial score (nSPS) is 18.2. The Bertz CT molecular complexity index is 714. The average molecular weight is 339 g/mol. The van der Waals surface area contributed by atoms with Gasteiger partial charge in [0.25, 0.3) is 0 Å². The highest BCUT2D eigenvalue weighted by atomic mass is 16.1. The van der Waals surface area contributed by atoms with Crippen molar-refractivity contribution in [2.24, 2.45) is 5.92 Å². The summed E-state index contributed by atoms with van der Waals surface area (Å²) in [7, 11) is 0. The minimum atomic E-state index is 0.112. The molecule has 2 aromatic rings. The van der Waals surface area contributed by atoms with E-state index in [2.05, 4.69) is 20.8 Å². The molecule has 25 heavy (non-hydrogen) atoms. The van der Waals surface area contributed by atoms with Crippen LogP contribution < -0.4 is 5.32 Å². The molecule has 1 heterocycles. The van der Waals surface area contributed by atoms with Crippen molar-refractivity contribution in [1.82, 2.24) is 20.2 Å². The highest BCUT2D eigenvalue weighted by Crippen LogP contribution is 2.36. The number of nitrogens with zero attached hydrogens (tertiary/aromatic N) is 4. The van der Waals surface area contributed by atoms with Gasteiger partial charge in [-0.15, -0.1) is 5.10 Å². The van der Waals surface area contributed by atoms with Crippen LogP contribution in [-0.2, 0) is 4.79 Å². The second kappa shape index (κ2) is 7.33. The summed E-state index contributed by atoms with van der Waals surface area (Å²) in [6.07, 6.45) is 10.5. The maximum atomic E-state index is 12.2. The van der Waals surface area contributed by atoms with Gasteiger partial charge in [0.05, 0.1) is 6.04 Å². The molecule has 6 nitrogen and oxygen atoms in total. The summed E-state index contributed by atoms with van der Waals surface area (Å²) in [5.74, 6) is 1.65. The van der Waals surface area contributed by atoms with E-state index in [9.17, 15) is 4.79 Å². The van der Waals surface area contributed by atoms with Crippen molar-refractivity contribution in [2.45, 2.75) is 63.8 Å². The van der Waals surface area contributed by atoms with Crippen molar-refractivity contribution in [3.8, 4) is 11.4 Å². The molecule has 0 spiro atoms. The number of nitrogens with one attached hydrogen (secondary N) is 1. The van der Waals surface area contributed by atoms with Gasteiger partial charge in [-0.25, -0.2) is 4.68 Å².